The van der Waals surface area contributed by atoms with Gasteiger partial charge < -0.3 is 4.74 Å². The summed E-state index contributed by atoms with van der Waals surface area (Å²) in [5.41, 5.74) is 0. The monoisotopic (exact) mass is 244 g/mol. The number of rotatable bonds is 4. The lowest BCUT2D eigenvalue weighted by Gasteiger charge is -2.02. The number of Topliss-reactive ketones (excluding diaryl/α,β-unsaturated/α-hetero) is 1. The third kappa shape index (κ3) is 3.50. The van der Waals surface area contributed by atoms with Crippen molar-refractivity contribution >= 4 is 21.7 Å². The molecule has 0 saturated carbocycles. The molecule has 13 heavy (non-hydrogen) atoms. The van der Waals surface area contributed by atoms with Gasteiger partial charge >= 0.3 is 0 Å². The van der Waals surface area contributed by atoms with Gasteiger partial charge in [-0.25, -0.2) is 9.97 Å². The van der Waals surface area contributed by atoms with Crippen LogP contribution >= 0.6 is 15.9 Å². The van der Waals surface area contributed by atoms with Crippen molar-refractivity contribution in [3.63, 3.8) is 0 Å². The molecule has 0 unspecified atom stereocenters. The maximum atomic E-state index is 10.6. The van der Waals surface area contributed by atoms with Gasteiger partial charge in [0.05, 0.1) is 17.7 Å². The Labute approximate surface area is 84.5 Å². The zero-order valence-electron chi connectivity index (χ0n) is 7.16. The molecule has 0 fully saturated rings. The number of hydrogen-bond acceptors (Lipinski definition) is 4. The van der Waals surface area contributed by atoms with E-state index in [4.69, 9.17) is 4.74 Å². The van der Waals surface area contributed by atoms with E-state index in [9.17, 15) is 4.79 Å². The molecule has 0 radical (unpaired) electrons. The second kappa shape index (κ2) is 4.91. The maximum Gasteiger partial charge on any atom is 0.167 e. The standard InChI is InChI=1S/C8H9BrN2O2/c1-6(12)5-13-7-3-10-8(2-9)11-4-7/h3-4H,2,5H2,1H3. The van der Waals surface area contributed by atoms with E-state index in [1.807, 2.05) is 0 Å². The third-order valence-corrected chi connectivity index (χ3v) is 1.74. The summed E-state index contributed by atoms with van der Waals surface area (Å²) in [6.07, 6.45) is 3.10. The van der Waals surface area contributed by atoms with Crippen molar-refractivity contribution in [2.45, 2.75) is 12.3 Å². The van der Waals surface area contributed by atoms with Crippen molar-refractivity contribution in [3.05, 3.63) is 18.2 Å². The first-order valence-electron chi connectivity index (χ1n) is 3.71. The number of aromatic nitrogens is 2. The number of ether oxygens (including phenoxy) is 1. The Kier molecular flexibility index (Phi) is 3.82. The number of carbonyl (C=O) groups is 1. The summed E-state index contributed by atoms with van der Waals surface area (Å²) in [6.45, 7) is 1.53. The number of nitrogens with zero attached hydrogens (tertiary/aromatic N) is 2. The quantitative estimate of drug-likeness (QED) is 0.751. The average Bonchev–Trinajstić information content (AvgIpc) is 2.15. The molecule has 0 atom stereocenters. The van der Waals surface area contributed by atoms with Gasteiger partial charge in [-0.1, -0.05) is 15.9 Å². The molecule has 0 bridgehead atoms. The van der Waals surface area contributed by atoms with Gasteiger partial charge in [0.25, 0.3) is 0 Å². The predicted molar refractivity (Wildman–Crippen MR) is 50.8 cm³/mol. The normalized spacial score (nSPS) is 9.69. The molecule has 1 rings (SSSR count). The maximum absolute atomic E-state index is 10.6. The van der Waals surface area contributed by atoms with Crippen molar-refractivity contribution in [1.82, 2.24) is 9.97 Å². The zero-order valence-corrected chi connectivity index (χ0v) is 8.74. The molecule has 0 N–H and O–H groups in total. The van der Waals surface area contributed by atoms with Crippen LogP contribution in [-0.2, 0) is 10.1 Å². The first-order valence-corrected chi connectivity index (χ1v) is 4.83. The molecule has 0 aliphatic carbocycles. The Morgan fingerprint density at radius 2 is 2.15 bits per heavy atom. The molecular weight excluding hydrogens is 236 g/mol. The summed E-state index contributed by atoms with van der Waals surface area (Å²) >= 11 is 3.22. The van der Waals surface area contributed by atoms with E-state index in [2.05, 4.69) is 25.9 Å². The van der Waals surface area contributed by atoms with Crippen LogP contribution < -0.4 is 4.74 Å². The lowest BCUT2D eigenvalue weighted by Crippen LogP contribution is -2.07. The van der Waals surface area contributed by atoms with Gasteiger partial charge in [-0.3, -0.25) is 4.79 Å². The molecule has 0 aliphatic heterocycles. The molecule has 0 spiro atoms. The number of hydrogen-bond donors (Lipinski definition) is 0. The van der Waals surface area contributed by atoms with Crippen LogP contribution in [0.15, 0.2) is 12.4 Å². The molecule has 0 amide bonds. The zero-order chi connectivity index (χ0) is 9.68. The van der Waals surface area contributed by atoms with Gasteiger partial charge in [-0.05, 0) is 6.92 Å². The van der Waals surface area contributed by atoms with Gasteiger partial charge in [0.15, 0.2) is 11.5 Å². The molecule has 0 aliphatic rings. The fraction of sp³-hybridized carbons (Fsp3) is 0.375. The first-order chi connectivity index (χ1) is 6.22. The largest absolute Gasteiger partial charge is 0.483 e. The molecular formula is C8H9BrN2O2. The Hall–Kier alpha value is -0.970. The minimum Gasteiger partial charge on any atom is -0.483 e. The molecule has 1 aromatic heterocycles. The van der Waals surface area contributed by atoms with Crippen LogP contribution in [0.25, 0.3) is 0 Å². The summed E-state index contributed by atoms with van der Waals surface area (Å²) in [4.78, 5) is 18.5. The van der Waals surface area contributed by atoms with E-state index >= 15 is 0 Å². The van der Waals surface area contributed by atoms with Crippen LogP contribution in [0.3, 0.4) is 0 Å². The minimum absolute atomic E-state index is 0.0235. The van der Waals surface area contributed by atoms with E-state index in [0.29, 0.717) is 16.9 Å². The summed E-state index contributed by atoms with van der Waals surface area (Å²) in [6, 6.07) is 0. The lowest BCUT2D eigenvalue weighted by atomic mass is 10.5. The molecule has 1 aromatic rings. The molecule has 5 heteroatoms. The van der Waals surface area contributed by atoms with Gasteiger partial charge in [-0.15, -0.1) is 0 Å². The Balaban J connectivity index is 2.54. The number of ketones is 1. The van der Waals surface area contributed by atoms with Crippen LogP contribution in [0.1, 0.15) is 12.7 Å². The highest BCUT2D eigenvalue weighted by Crippen LogP contribution is 2.07. The third-order valence-electron chi connectivity index (χ3n) is 1.24. The molecule has 4 nitrogen and oxygen atoms in total. The van der Waals surface area contributed by atoms with Gasteiger partial charge in [0.1, 0.15) is 12.4 Å². The van der Waals surface area contributed by atoms with Crippen molar-refractivity contribution in [3.8, 4) is 5.75 Å². The number of alkyl halides is 1. The van der Waals surface area contributed by atoms with E-state index in [1.165, 1.54) is 6.92 Å². The van der Waals surface area contributed by atoms with Crippen molar-refractivity contribution in [2.75, 3.05) is 6.61 Å². The molecule has 0 saturated heterocycles. The topological polar surface area (TPSA) is 52.1 Å². The van der Waals surface area contributed by atoms with Gasteiger partial charge in [-0.2, -0.15) is 0 Å². The van der Waals surface area contributed by atoms with E-state index in [-0.39, 0.29) is 12.4 Å². The molecule has 0 aromatic carbocycles. The number of halogens is 1. The average molecular weight is 245 g/mol. The molecule has 1 heterocycles. The highest BCUT2D eigenvalue weighted by Gasteiger charge is 1.98. The highest BCUT2D eigenvalue weighted by atomic mass is 79.9. The van der Waals surface area contributed by atoms with E-state index in [1.54, 1.807) is 12.4 Å². The first kappa shape index (κ1) is 10.1. The van der Waals surface area contributed by atoms with Crippen molar-refractivity contribution < 1.29 is 9.53 Å². The van der Waals surface area contributed by atoms with Crippen LogP contribution in [0, 0.1) is 0 Å². The van der Waals surface area contributed by atoms with Crippen LogP contribution in [-0.4, -0.2) is 22.4 Å². The SMILES string of the molecule is CC(=O)COc1cnc(CBr)nc1. The van der Waals surface area contributed by atoms with Crippen LogP contribution in [0.2, 0.25) is 0 Å². The Morgan fingerprint density at radius 1 is 1.54 bits per heavy atom. The van der Waals surface area contributed by atoms with Crippen molar-refractivity contribution in [2.24, 2.45) is 0 Å². The highest BCUT2D eigenvalue weighted by molar-refractivity contribution is 9.08. The Bertz CT molecular complexity index is 287. The second-order valence-electron chi connectivity index (χ2n) is 2.46. The fourth-order valence-corrected chi connectivity index (χ4v) is 0.961. The lowest BCUT2D eigenvalue weighted by molar-refractivity contribution is -0.118. The summed E-state index contributed by atoms with van der Waals surface area (Å²) < 4.78 is 5.08. The Morgan fingerprint density at radius 3 is 2.62 bits per heavy atom. The second-order valence-corrected chi connectivity index (χ2v) is 3.02. The van der Waals surface area contributed by atoms with Crippen molar-refractivity contribution in [1.29, 1.82) is 0 Å². The van der Waals surface area contributed by atoms with E-state index < -0.39 is 0 Å². The van der Waals surface area contributed by atoms with Crippen LogP contribution in [0.4, 0.5) is 0 Å². The number of carbonyl (C=O) groups excluding carboxylic acids is 1. The van der Waals surface area contributed by atoms with Gasteiger partial charge in [0.2, 0.25) is 0 Å². The summed E-state index contributed by atoms with van der Waals surface area (Å²) in [5, 5.41) is 0.611. The van der Waals surface area contributed by atoms with Gasteiger partial charge in [0, 0.05) is 0 Å². The summed E-state index contributed by atoms with van der Waals surface area (Å²) in [5.74, 6) is 1.18. The molecule has 70 valence electrons. The van der Waals surface area contributed by atoms with E-state index in [0.717, 1.165) is 0 Å². The van der Waals surface area contributed by atoms with Crippen LogP contribution in [0.5, 0.6) is 5.75 Å². The fourth-order valence-electron chi connectivity index (χ4n) is 0.671. The smallest absolute Gasteiger partial charge is 0.167 e. The minimum atomic E-state index is -0.0235. The predicted octanol–water partition coefficient (Wildman–Crippen LogP) is 1.34. The summed E-state index contributed by atoms with van der Waals surface area (Å²) in [7, 11) is 0.